The molecule has 1 heterocycles. The molecule has 0 unspecified atom stereocenters. The van der Waals surface area contributed by atoms with Crippen molar-refractivity contribution >= 4 is 22.9 Å². The minimum Gasteiger partial charge on any atom is -0.296 e. The fraction of sp³-hybridized carbons (Fsp3) is 0.692. The van der Waals surface area contributed by atoms with Crippen molar-refractivity contribution in [3.63, 3.8) is 0 Å². The first-order chi connectivity index (χ1) is 7.90. The molecule has 1 nitrogen and oxygen atoms in total. The Bertz CT molecular complexity index is 282. The number of halogens is 1. The largest absolute Gasteiger partial charge is 0.296 e. The summed E-state index contributed by atoms with van der Waals surface area (Å²) in [6.45, 7) is 2.40. The Kier molecular flexibility index (Phi) is 5.14. The molecule has 1 aliphatic rings. The van der Waals surface area contributed by atoms with E-state index in [-0.39, 0.29) is 0 Å². The molecule has 0 aromatic carbocycles. The van der Waals surface area contributed by atoms with Gasteiger partial charge < -0.3 is 0 Å². The van der Waals surface area contributed by atoms with Gasteiger partial charge in [0.1, 0.15) is 0 Å². The summed E-state index contributed by atoms with van der Waals surface area (Å²) in [6, 6.07) is 3.12. The summed E-state index contributed by atoms with van der Waals surface area (Å²) in [5.74, 6) is 0.813. The smallest absolute Gasteiger partial charge is 0.0244 e. The molecular weight excluding hydrogens is 238 g/mol. The number of thiophene rings is 1. The molecule has 90 valence electrons. The van der Waals surface area contributed by atoms with Crippen molar-refractivity contribution in [1.29, 1.82) is 0 Å². The van der Waals surface area contributed by atoms with Gasteiger partial charge in [0, 0.05) is 18.5 Å². The predicted octanol–water partition coefficient (Wildman–Crippen LogP) is 4.12. The number of hydrogen-bond acceptors (Lipinski definition) is 2. The molecule has 0 aliphatic heterocycles. The van der Waals surface area contributed by atoms with Gasteiger partial charge in [-0.05, 0) is 54.6 Å². The third-order valence-electron chi connectivity index (χ3n) is 3.11. The molecule has 1 aromatic heterocycles. The maximum absolute atomic E-state index is 5.69. The summed E-state index contributed by atoms with van der Waals surface area (Å²) in [5, 5.41) is 4.45. The van der Waals surface area contributed by atoms with Crippen molar-refractivity contribution in [2.45, 2.75) is 44.7 Å². The van der Waals surface area contributed by atoms with E-state index >= 15 is 0 Å². The van der Waals surface area contributed by atoms with Gasteiger partial charge in [0.2, 0.25) is 0 Å². The third kappa shape index (κ3) is 4.08. The van der Waals surface area contributed by atoms with E-state index in [1.54, 1.807) is 11.3 Å². The molecule has 1 aliphatic carbocycles. The van der Waals surface area contributed by atoms with Crippen molar-refractivity contribution in [3.05, 3.63) is 22.4 Å². The minimum absolute atomic E-state index is 0.813. The molecule has 1 aromatic rings. The summed E-state index contributed by atoms with van der Waals surface area (Å²) in [5.41, 5.74) is 1.48. The maximum atomic E-state index is 5.69. The van der Waals surface area contributed by atoms with E-state index in [0.717, 1.165) is 18.5 Å². The van der Waals surface area contributed by atoms with E-state index in [4.69, 9.17) is 11.6 Å². The molecule has 0 bridgehead atoms. The zero-order valence-electron chi connectivity index (χ0n) is 9.70. The van der Waals surface area contributed by atoms with Gasteiger partial charge in [-0.2, -0.15) is 11.3 Å². The Morgan fingerprint density at radius 3 is 2.81 bits per heavy atom. The van der Waals surface area contributed by atoms with Crippen LogP contribution in [0, 0.1) is 0 Å². The Morgan fingerprint density at radius 2 is 2.19 bits per heavy atom. The van der Waals surface area contributed by atoms with Gasteiger partial charge in [0.05, 0.1) is 0 Å². The number of hydrogen-bond donors (Lipinski definition) is 0. The van der Waals surface area contributed by atoms with Crippen molar-refractivity contribution in [2.75, 3.05) is 12.4 Å². The van der Waals surface area contributed by atoms with Crippen LogP contribution in [-0.4, -0.2) is 23.4 Å². The molecule has 0 amide bonds. The highest BCUT2D eigenvalue weighted by molar-refractivity contribution is 7.07. The van der Waals surface area contributed by atoms with E-state index in [0.29, 0.717) is 0 Å². The molecular formula is C13H20ClNS. The normalized spacial score (nSPS) is 15.9. The standard InChI is InChI=1S/C13H20ClNS/c14-7-2-1-3-8-15(13-4-5-13)10-12-6-9-16-11-12/h6,9,11,13H,1-5,7-8,10H2. The molecule has 0 saturated heterocycles. The van der Waals surface area contributed by atoms with Crippen molar-refractivity contribution in [1.82, 2.24) is 4.90 Å². The number of unbranched alkanes of at least 4 members (excludes halogenated alkanes) is 2. The molecule has 16 heavy (non-hydrogen) atoms. The van der Waals surface area contributed by atoms with Crippen LogP contribution in [0.5, 0.6) is 0 Å². The van der Waals surface area contributed by atoms with E-state index < -0.39 is 0 Å². The van der Waals surface area contributed by atoms with E-state index in [2.05, 4.69) is 21.7 Å². The molecule has 0 radical (unpaired) electrons. The maximum Gasteiger partial charge on any atom is 0.0244 e. The van der Waals surface area contributed by atoms with Crippen LogP contribution in [0.1, 0.15) is 37.7 Å². The zero-order chi connectivity index (χ0) is 11.2. The van der Waals surface area contributed by atoms with Gasteiger partial charge >= 0.3 is 0 Å². The Hall–Kier alpha value is -0.0500. The number of nitrogens with zero attached hydrogens (tertiary/aromatic N) is 1. The lowest BCUT2D eigenvalue weighted by Gasteiger charge is -2.21. The van der Waals surface area contributed by atoms with Crippen LogP contribution < -0.4 is 0 Å². The lowest BCUT2D eigenvalue weighted by atomic mass is 10.2. The van der Waals surface area contributed by atoms with Gasteiger partial charge in [-0.15, -0.1) is 11.6 Å². The van der Waals surface area contributed by atoms with Crippen LogP contribution in [-0.2, 0) is 6.54 Å². The van der Waals surface area contributed by atoms with Crippen LogP contribution in [0.4, 0.5) is 0 Å². The second kappa shape index (κ2) is 6.63. The number of rotatable bonds is 8. The summed E-state index contributed by atoms with van der Waals surface area (Å²) in [6.07, 6.45) is 6.54. The summed E-state index contributed by atoms with van der Waals surface area (Å²) in [7, 11) is 0. The van der Waals surface area contributed by atoms with Crippen molar-refractivity contribution in [2.24, 2.45) is 0 Å². The predicted molar refractivity (Wildman–Crippen MR) is 72.3 cm³/mol. The SMILES string of the molecule is ClCCCCCN(Cc1ccsc1)C1CC1. The molecule has 2 rings (SSSR count). The second-order valence-electron chi connectivity index (χ2n) is 4.58. The highest BCUT2D eigenvalue weighted by Gasteiger charge is 2.28. The van der Waals surface area contributed by atoms with Crippen LogP contribution in [0.2, 0.25) is 0 Å². The van der Waals surface area contributed by atoms with Gasteiger partial charge in [0.15, 0.2) is 0 Å². The first-order valence-electron chi connectivity index (χ1n) is 6.21. The molecule has 1 saturated carbocycles. The first-order valence-corrected chi connectivity index (χ1v) is 7.69. The summed E-state index contributed by atoms with van der Waals surface area (Å²) < 4.78 is 0. The fourth-order valence-corrected chi connectivity index (χ4v) is 2.88. The second-order valence-corrected chi connectivity index (χ2v) is 5.74. The van der Waals surface area contributed by atoms with E-state index in [1.807, 2.05) is 0 Å². The average molecular weight is 258 g/mol. The quantitative estimate of drug-likeness (QED) is 0.500. The molecule has 0 atom stereocenters. The Morgan fingerprint density at radius 1 is 1.31 bits per heavy atom. The fourth-order valence-electron chi connectivity index (χ4n) is 2.03. The molecule has 0 N–H and O–H groups in total. The van der Waals surface area contributed by atoms with Crippen molar-refractivity contribution < 1.29 is 0 Å². The lowest BCUT2D eigenvalue weighted by Crippen LogP contribution is -2.26. The summed E-state index contributed by atoms with van der Waals surface area (Å²) >= 11 is 7.50. The molecule has 0 spiro atoms. The van der Waals surface area contributed by atoms with Crippen LogP contribution >= 0.6 is 22.9 Å². The Balaban J connectivity index is 1.72. The Labute approximate surface area is 107 Å². The highest BCUT2D eigenvalue weighted by Crippen LogP contribution is 2.29. The lowest BCUT2D eigenvalue weighted by molar-refractivity contribution is 0.249. The first kappa shape index (κ1) is 12.4. The third-order valence-corrected chi connectivity index (χ3v) is 4.11. The van der Waals surface area contributed by atoms with Gasteiger partial charge in [0.25, 0.3) is 0 Å². The number of alkyl halides is 1. The van der Waals surface area contributed by atoms with Gasteiger partial charge in [-0.1, -0.05) is 6.42 Å². The van der Waals surface area contributed by atoms with Crippen LogP contribution in [0.3, 0.4) is 0 Å². The van der Waals surface area contributed by atoms with Gasteiger partial charge in [-0.25, -0.2) is 0 Å². The monoisotopic (exact) mass is 257 g/mol. The zero-order valence-corrected chi connectivity index (χ0v) is 11.3. The average Bonchev–Trinajstić information content (AvgIpc) is 3.02. The molecule has 1 fully saturated rings. The topological polar surface area (TPSA) is 3.24 Å². The van der Waals surface area contributed by atoms with E-state index in [1.165, 1.54) is 44.2 Å². The van der Waals surface area contributed by atoms with Gasteiger partial charge in [-0.3, -0.25) is 4.90 Å². The van der Waals surface area contributed by atoms with Crippen molar-refractivity contribution in [3.8, 4) is 0 Å². The highest BCUT2D eigenvalue weighted by atomic mass is 35.5. The van der Waals surface area contributed by atoms with Crippen LogP contribution in [0.25, 0.3) is 0 Å². The van der Waals surface area contributed by atoms with E-state index in [9.17, 15) is 0 Å². The summed E-state index contributed by atoms with van der Waals surface area (Å²) in [4.78, 5) is 2.65. The minimum atomic E-state index is 0.813. The molecule has 3 heteroatoms. The van der Waals surface area contributed by atoms with Crippen LogP contribution in [0.15, 0.2) is 16.8 Å².